The first-order chi connectivity index (χ1) is 9.81. The third-order valence-corrected chi connectivity index (χ3v) is 5.61. The Kier molecular flexibility index (Phi) is 5.56. The van der Waals surface area contributed by atoms with Gasteiger partial charge in [0.25, 0.3) is 0 Å². The molecular formula is C19H28FN. The highest BCUT2D eigenvalue weighted by molar-refractivity contribution is 5.59. The SMILES string of the molecule is [C-]#[N+]c1cc(C(C)(CC)CC)cc(F)c1C(C)(CC)CC. The molecule has 0 unspecified atom stereocenters. The Labute approximate surface area is 129 Å². The van der Waals surface area contributed by atoms with E-state index in [9.17, 15) is 4.39 Å². The molecule has 2 heteroatoms. The molecule has 21 heavy (non-hydrogen) atoms. The zero-order valence-corrected chi connectivity index (χ0v) is 14.3. The summed E-state index contributed by atoms with van der Waals surface area (Å²) in [6, 6.07) is 3.59. The first-order valence-corrected chi connectivity index (χ1v) is 8.03. The van der Waals surface area contributed by atoms with E-state index in [0.717, 1.165) is 31.2 Å². The Hall–Kier alpha value is -1.36. The van der Waals surface area contributed by atoms with Gasteiger partial charge in [0.15, 0.2) is 5.69 Å². The fourth-order valence-corrected chi connectivity index (χ4v) is 2.89. The summed E-state index contributed by atoms with van der Waals surface area (Å²) in [5.74, 6) is -0.210. The van der Waals surface area contributed by atoms with Crippen molar-refractivity contribution in [3.63, 3.8) is 0 Å². The zero-order valence-electron chi connectivity index (χ0n) is 14.3. The average Bonchev–Trinajstić information content (AvgIpc) is 2.52. The maximum Gasteiger partial charge on any atom is 0.194 e. The molecular weight excluding hydrogens is 261 g/mol. The monoisotopic (exact) mass is 289 g/mol. The summed E-state index contributed by atoms with van der Waals surface area (Å²) in [4.78, 5) is 3.65. The minimum Gasteiger partial charge on any atom is -0.238 e. The van der Waals surface area contributed by atoms with Gasteiger partial charge in [0.05, 0.1) is 6.57 Å². The van der Waals surface area contributed by atoms with E-state index in [1.165, 1.54) is 0 Å². The molecule has 1 aromatic carbocycles. The molecule has 0 atom stereocenters. The molecule has 0 amide bonds. The Morgan fingerprint density at radius 2 is 1.43 bits per heavy atom. The third-order valence-electron chi connectivity index (χ3n) is 5.61. The highest BCUT2D eigenvalue weighted by Crippen LogP contribution is 2.42. The van der Waals surface area contributed by atoms with Crippen molar-refractivity contribution in [2.75, 3.05) is 0 Å². The summed E-state index contributed by atoms with van der Waals surface area (Å²) < 4.78 is 14.8. The molecule has 1 nitrogen and oxygen atoms in total. The number of halogens is 1. The topological polar surface area (TPSA) is 4.36 Å². The van der Waals surface area contributed by atoms with Crippen molar-refractivity contribution < 1.29 is 4.39 Å². The van der Waals surface area contributed by atoms with Gasteiger partial charge in [-0.3, -0.25) is 0 Å². The number of rotatable bonds is 6. The molecule has 116 valence electrons. The second-order valence-electron chi connectivity index (χ2n) is 6.50. The molecule has 0 radical (unpaired) electrons. The maximum atomic E-state index is 14.8. The predicted octanol–water partition coefficient (Wildman–Crippen LogP) is 6.53. The molecule has 0 spiro atoms. The predicted molar refractivity (Wildman–Crippen MR) is 88.5 cm³/mol. The van der Waals surface area contributed by atoms with Crippen molar-refractivity contribution in [3.05, 3.63) is 40.5 Å². The summed E-state index contributed by atoms with van der Waals surface area (Å²) in [7, 11) is 0. The second-order valence-corrected chi connectivity index (χ2v) is 6.50. The van der Waals surface area contributed by atoms with Gasteiger partial charge >= 0.3 is 0 Å². The van der Waals surface area contributed by atoms with Crippen LogP contribution < -0.4 is 0 Å². The highest BCUT2D eigenvalue weighted by Gasteiger charge is 2.31. The summed E-state index contributed by atoms with van der Waals surface area (Å²) >= 11 is 0. The van der Waals surface area contributed by atoms with Crippen molar-refractivity contribution in [2.45, 2.75) is 78.1 Å². The summed E-state index contributed by atoms with van der Waals surface area (Å²) in [6.45, 7) is 20.1. The smallest absolute Gasteiger partial charge is 0.194 e. The van der Waals surface area contributed by atoms with Gasteiger partial charge in [-0.15, -0.1) is 0 Å². The lowest BCUT2D eigenvalue weighted by molar-refractivity contribution is 0.410. The van der Waals surface area contributed by atoms with E-state index in [0.29, 0.717) is 11.3 Å². The number of benzene rings is 1. The number of hydrogen-bond donors (Lipinski definition) is 0. The van der Waals surface area contributed by atoms with Gasteiger partial charge in [-0.05, 0) is 53.7 Å². The second kappa shape index (κ2) is 6.60. The molecule has 0 bridgehead atoms. The number of hydrogen-bond acceptors (Lipinski definition) is 0. The van der Waals surface area contributed by atoms with Crippen LogP contribution in [0.2, 0.25) is 0 Å². The van der Waals surface area contributed by atoms with E-state index in [1.54, 1.807) is 6.07 Å². The fraction of sp³-hybridized carbons (Fsp3) is 0.632. The van der Waals surface area contributed by atoms with Crippen LogP contribution in [0.1, 0.15) is 78.4 Å². The van der Waals surface area contributed by atoms with Crippen LogP contribution in [0.15, 0.2) is 12.1 Å². The van der Waals surface area contributed by atoms with Gasteiger partial charge in [0.2, 0.25) is 0 Å². The van der Waals surface area contributed by atoms with Crippen molar-refractivity contribution in [3.8, 4) is 0 Å². The largest absolute Gasteiger partial charge is 0.238 e. The van der Waals surface area contributed by atoms with Crippen molar-refractivity contribution in [2.24, 2.45) is 0 Å². The molecule has 0 fully saturated rings. The minimum atomic E-state index is -0.267. The molecule has 0 aliphatic heterocycles. The van der Waals surface area contributed by atoms with E-state index < -0.39 is 0 Å². The average molecular weight is 289 g/mol. The van der Waals surface area contributed by atoms with Crippen LogP contribution in [0.5, 0.6) is 0 Å². The van der Waals surface area contributed by atoms with E-state index >= 15 is 0 Å². The van der Waals surface area contributed by atoms with Crippen molar-refractivity contribution >= 4 is 5.69 Å². The molecule has 0 saturated heterocycles. The molecule has 1 aromatic rings. The quantitative estimate of drug-likeness (QED) is 0.524. The maximum absolute atomic E-state index is 14.8. The van der Waals surface area contributed by atoms with Crippen molar-refractivity contribution in [1.29, 1.82) is 0 Å². The molecule has 0 saturated carbocycles. The third kappa shape index (κ3) is 3.12. The summed E-state index contributed by atoms with van der Waals surface area (Å²) in [6.07, 6.45) is 3.55. The van der Waals surface area contributed by atoms with E-state index in [4.69, 9.17) is 6.57 Å². The first-order valence-electron chi connectivity index (χ1n) is 8.03. The van der Waals surface area contributed by atoms with Gasteiger partial charge in [-0.25, -0.2) is 9.24 Å². The van der Waals surface area contributed by atoms with Crippen LogP contribution in [-0.4, -0.2) is 0 Å². The standard InChI is InChI=1S/C19H28FN/c1-8-18(5,9-2)14-12-15(20)17(16(13-14)21-7)19(6,10-3)11-4/h12-13H,8-11H2,1-6H3. The van der Waals surface area contributed by atoms with Crippen LogP contribution in [0.25, 0.3) is 4.85 Å². The van der Waals surface area contributed by atoms with Crippen molar-refractivity contribution in [1.82, 2.24) is 0 Å². The zero-order chi connectivity index (χ0) is 16.3. The lowest BCUT2D eigenvalue weighted by atomic mass is 9.73. The Morgan fingerprint density at radius 3 is 1.81 bits per heavy atom. The lowest BCUT2D eigenvalue weighted by Gasteiger charge is -2.32. The lowest BCUT2D eigenvalue weighted by Crippen LogP contribution is -2.24. The summed E-state index contributed by atoms with van der Waals surface area (Å²) in [5, 5.41) is 0. The molecule has 1 rings (SSSR count). The molecule has 0 aromatic heterocycles. The molecule has 0 aliphatic carbocycles. The van der Waals surface area contributed by atoms with Gasteiger partial charge in [0, 0.05) is 0 Å². The van der Waals surface area contributed by atoms with Crippen LogP contribution in [0, 0.1) is 12.4 Å². The Bertz CT molecular complexity index is 531. The van der Waals surface area contributed by atoms with Gasteiger partial charge < -0.3 is 0 Å². The molecule has 0 aliphatic rings. The van der Waals surface area contributed by atoms with E-state index in [1.807, 2.05) is 6.07 Å². The van der Waals surface area contributed by atoms with Gasteiger partial charge in [0.1, 0.15) is 5.82 Å². The molecule has 0 heterocycles. The fourth-order valence-electron chi connectivity index (χ4n) is 2.89. The minimum absolute atomic E-state index is 0.0619. The summed E-state index contributed by atoms with van der Waals surface area (Å²) in [5.41, 5.74) is 1.71. The highest BCUT2D eigenvalue weighted by atomic mass is 19.1. The van der Waals surface area contributed by atoms with Gasteiger partial charge in [-0.1, -0.05) is 47.6 Å². The number of nitrogens with zero attached hydrogens (tertiary/aromatic N) is 1. The molecule has 0 N–H and O–H groups in total. The van der Waals surface area contributed by atoms with Crippen LogP contribution in [-0.2, 0) is 10.8 Å². The van der Waals surface area contributed by atoms with Gasteiger partial charge in [-0.2, -0.15) is 0 Å². The van der Waals surface area contributed by atoms with E-state index in [2.05, 4.69) is 46.4 Å². The Morgan fingerprint density at radius 1 is 0.952 bits per heavy atom. The normalized spacial score (nSPS) is 12.3. The first kappa shape index (κ1) is 17.7. The van der Waals surface area contributed by atoms with E-state index in [-0.39, 0.29) is 16.6 Å². The van der Waals surface area contributed by atoms with Crippen LogP contribution in [0.3, 0.4) is 0 Å². The van der Waals surface area contributed by atoms with Crippen LogP contribution in [0.4, 0.5) is 10.1 Å². The van der Waals surface area contributed by atoms with Crippen LogP contribution >= 0.6 is 0 Å². The Balaban J connectivity index is 3.58.